The molecule has 3 aromatic rings. The van der Waals surface area contributed by atoms with E-state index in [0.717, 1.165) is 46.6 Å². The van der Waals surface area contributed by atoms with Crippen LogP contribution in [0.25, 0.3) is 21.8 Å². The number of anilines is 1. The van der Waals surface area contributed by atoms with Gasteiger partial charge in [0.2, 0.25) is 0 Å². The highest BCUT2D eigenvalue weighted by molar-refractivity contribution is 6.31. The molecule has 0 radical (unpaired) electrons. The minimum atomic E-state index is 0.704. The SMILES string of the molecule is CC1CCCCN(c2nc3cc(Cl)ccc3c3conc23)CCC1. The summed E-state index contributed by atoms with van der Waals surface area (Å²) in [6.45, 7) is 4.40. The Morgan fingerprint density at radius 1 is 1.12 bits per heavy atom. The Hall–Kier alpha value is -1.81. The van der Waals surface area contributed by atoms with Gasteiger partial charge in [-0.15, -0.1) is 0 Å². The van der Waals surface area contributed by atoms with Crippen LogP contribution >= 0.6 is 11.6 Å². The maximum absolute atomic E-state index is 6.17. The number of hydrogen-bond acceptors (Lipinski definition) is 4. The third kappa shape index (κ3) is 2.95. The first-order chi connectivity index (χ1) is 11.7. The van der Waals surface area contributed by atoms with Crippen molar-refractivity contribution in [2.24, 2.45) is 5.92 Å². The molecule has 5 heteroatoms. The van der Waals surface area contributed by atoms with Crippen molar-refractivity contribution in [1.82, 2.24) is 10.1 Å². The normalized spacial score (nSPS) is 20.1. The number of aromatic nitrogens is 2. The number of fused-ring (bicyclic) bond motifs is 3. The third-order valence-corrected chi connectivity index (χ3v) is 5.29. The Balaban J connectivity index is 1.79. The van der Waals surface area contributed by atoms with E-state index in [4.69, 9.17) is 21.1 Å². The van der Waals surface area contributed by atoms with E-state index < -0.39 is 0 Å². The molecule has 1 aromatic carbocycles. The zero-order chi connectivity index (χ0) is 16.5. The van der Waals surface area contributed by atoms with Crippen molar-refractivity contribution in [3.05, 3.63) is 29.5 Å². The maximum atomic E-state index is 6.17. The summed E-state index contributed by atoms with van der Waals surface area (Å²) in [6.07, 6.45) is 7.98. The molecule has 0 saturated carbocycles. The van der Waals surface area contributed by atoms with Crippen LogP contribution in [0, 0.1) is 5.92 Å². The molecule has 1 aliphatic heterocycles. The van der Waals surface area contributed by atoms with Crippen LogP contribution in [-0.2, 0) is 0 Å². The van der Waals surface area contributed by atoms with E-state index >= 15 is 0 Å². The van der Waals surface area contributed by atoms with Gasteiger partial charge in [0, 0.05) is 23.5 Å². The molecule has 0 spiro atoms. The van der Waals surface area contributed by atoms with Crippen molar-refractivity contribution in [3.8, 4) is 0 Å². The van der Waals surface area contributed by atoms with Crippen LogP contribution in [0.2, 0.25) is 5.02 Å². The van der Waals surface area contributed by atoms with Crippen LogP contribution in [0.5, 0.6) is 0 Å². The van der Waals surface area contributed by atoms with Crippen molar-refractivity contribution in [2.75, 3.05) is 18.0 Å². The lowest BCUT2D eigenvalue weighted by Crippen LogP contribution is -2.26. The van der Waals surface area contributed by atoms with Gasteiger partial charge in [0.25, 0.3) is 0 Å². The molecule has 1 aliphatic rings. The average Bonchev–Trinajstić information content (AvgIpc) is 3.07. The van der Waals surface area contributed by atoms with Gasteiger partial charge in [-0.1, -0.05) is 42.6 Å². The minimum Gasteiger partial charge on any atom is -0.363 e. The van der Waals surface area contributed by atoms with Gasteiger partial charge in [-0.05, 0) is 37.3 Å². The largest absolute Gasteiger partial charge is 0.363 e. The average molecular weight is 344 g/mol. The first kappa shape index (κ1) is 15.7. The number of benzene rings is 1. The van der Waals surface area contributed by atoms with Crippen LogP contribution in [0.3, 0.4) is 0 Å². The van der Waals surface area contributed by atoms with E-state index in [2.05, 4.69) is 17.0 Å². The summed E-state index contributed by atoms with van der Waals surface area (Å²) in [7, 11) is 0. The van der Waals surface area contributed by atoms with Crippen LogP contribution in [-0.4, -0.2) is 23.2 Å². The Bertz CT molecular complexity index is 860. The molecule has 4 rings (SSSR count). The topological polar surface area (TPSA) is 42.2 Å². The summed E-state index contributed by atoms with van der Waals surface area (Å²) < 4.78 is 5.28. The number of pyridine rings is 1. The highest BCUT2D eigenvalue weighted by atomic mass is 35.5. The van der Waals surface area contributed by atoms with Crippen LogP contribution in [0.1, 0.15) is 39.0 Å². The smallest absolute Gasteiger partial charge is 0.159 e. The fraction of sp³-hybridized carbons (Fsp3) is 0.474. The molecule has 24 heavy (non-hydrogen) atoms. The number of nitrogens with zero attached hydrogens (tertiary/aromatic N) is 3. The Labute approximate surface area is 146 Å². The predicted octanol–water partition coefficient (Wildman–Crippen LogP) is 5.44. The third-order valence-electron chi connectivity index (χ3n) is 5.06. The standard InChI is InChI=1S/C19H22ClN3O/c1-13-5-2-3-9-23(10-4-6-13)19-18-16(12-24-22-18)15-8-7-14(20)11-17(15)21-19/h7-8,11-13H,2-6,9-10H2,1H3. The lowest BCUT2D eigenvalue weighted by molar-refractivity contribution is 0.428. The summed E-state index contributed by atoms with van der Waals surface area (Å²) in [5.74, 6) is 1.75. The molecule has 0 aliphatic carbocycles. The molecule has 1 unspecified atom stereocenters. The monoisotopic (exact) mass is 343 g/mol. The van der Waals surface area contributed by atoms with Crippen LogP contribution in [0.4, 0.5) is 5.82 Å². The molecular weight excluding hydrogens is 322 g/mol. The fourth-order valence-corrected chi connectivity index (χ4v) is 3.86. The van der Waals surface area contributed by atoms with Gasteiger partial charge >= 0.3 is 0 Å². The van der Waals surface area contributed by atoms with Gasteiger partial charge in [-0.3, -0.25) is 0 Å². The van der Waals surface area contributed by atoms with Gasteiger partial charge in [0.1, 0.15) is 6.26 Å². The van der Waals surface area contributed by atoms with Crippen molar-refractivity contribution < 1.29 is 4.52 Å². The Morgan fingerprint density at radius 2 is 1.96 bits per heavy atom. The minimum absolute atomic E-state index is 0.704. The van der Waals surface area contributed by atoms with Gasteiger partial charge in [-0.25, -0.2) is 4.98 Å². The highest BCUT2D eigenvalue weighted by Crippen LogP contribution is 2.32. The van der Waals surface area contributed by atoms with E-state index in [1.807, 2.05) is 18.2 Å². The summed E-state index contributed by atoms with van der Waals surface area (Å²) in [5.41, 5.74) is 1.76. The second-order valence-electron chi connectivity index (χ2n) is 6.90. The number of hydrogen-bond donors (Lipinski definition) is 0. The fourth-order valence-electron chi connectivity index (χ4n) is 3.70. The predicted molar refractivity (Wildman–Crippen MR) is 98.8 cm³/mol. The van der Waals surface area contributed by atoms with E-state index in [1.165, 1.54) is 32.1 Å². The van der Waals surface area contributed by atoms with E-state index in [-0.39, 0.29) is 0 Å². The first-order valence-electron chi connectivity index (χ1n) is 8.80. The summed E-state index contributed by atoms with van der Waals surface area (Å²) in [6, 6.07) is 5.80. The van der Waals surface area contributed by atoms with Gasteiger partial charge < -0.3 is 9.42 Å². The first-order valence-corrected chi connectivity index (χ1v) is 9.18. The molecule has 1 atom stereocenters. The zero-order valence-electron chi connectivity index (χ0n) is 14.0. The molecular formula is C19H22ClN3O. The summed E-state index contributed by atoms with van der Waals surface area (Å²) >= 11 is 6.17. The highest BCUT2D eigenvalue weighted by Gasteiger charge is 2.19. The second kappa shape index (κ2) is 6.60. The number of rotatable bonds is 1. The van der Waals surface area contributed by atoms with Gasteiger partial charge in [-0.2, -0.15) is 0 Å². The van der Waals surface area contributed by atoms with E-state index in [0.29, 0.717) is 5.02 Å². The molecule has 0 amide bonds. The van der Waals surface area contributed by atoms with Crippen LogP contribution in [0.15, 0.2) is 29.0 Å². The Morgan fingerprint density at radius 3 is 2.88 bits per heavy atom. The summed E-state index contributed by atoms with van der Waals surface area (Å²) in [5, 5.41) is 7.00. The Kier molecular flexibility index (Phi) is 4.31. The molecule has 2 aromatic heterocycles. The zero-order valence-corrected chi connectivity index (χ0v) is 14.7. The quantitative estimate of drug-likeness (QED) is 0.590. The summed E-state index contributed by atoms with van der Waals surface area (Å²) in [4.78, 5) is 7.28. The molecule has 3 heterocycles. The lowest BCUT2D eigenvalue weighted by Gasteiger charge is -2.23. The molecule has 1 fully saturated rings. The molecule has 4 nitrogen and oxygen atoms in total. The van der Waals surface area contributed by atoms with Crippen molar-refractivity contribution in [2.45, 2.75) is 39.0 Å². The molecule has 0 N–H and O–H groups in total. The lowest BCUT2D eigenvalue weighted by atomic mass is 10.00. The maximum Gasteiger partial charge on any atom is 0.159 e. The molecule has 1 saturated heterocycles. The second-order valence-corrected chi connectivity index (χ2v) is 7.34. The van der Waals surface area contributed by atoms with Crippen molar-refractivity contribution in [1.29, 1.82) is 0 Å². The molecule has 126 valence electrons. The van der Waals surface area contributed by atoms with Crippen molar-refractivity contribution in [3.63, 3.8) is 0 Å². The van der Waals surface area contributed by atoms with Crippen LogP contribution < -0.4 is 4.90 Å². The van der Waals surface area contributed by atoms with Gasteiger partial charge in [0.05, 0.1) is 10.9 Å². The molecule has 0 bridgehead atoms. The van der Waals surface area contributed by atoms with Crippen molar-refractivity contribution >= 4 is 39.2 Å². The van der Waals surface area contributed by atoms with E-state index in [9.17, 15) is 0 Å². The number of halogens is 1. The van der Waals surface area contributed by atoms with Gasteiger partial charge in [0.15, 0.2) is 11.3 Å². The van der Waals surface area contributed by atoms with E-state index in [1.54, 1.807) is 6.26 Å².